The van der Waals surface area contributed by atoms with E-state index >= 15 is 0 Å². The lowest BCUT2D eigenvalue weighted by atomic mass is 10.2. The lowest BCUT2D eigenvalue weighted by molar-refractivity contribution is -0.132. The Morgan fingerprint density at radius 1 is 0.362 bits per heavy atom. The Morgan fingerprint density at radius 3 is 0.724 bits per heavy atom. The standard InChI is InChI=1S/C42H36O8S8/c1-25(43)47-33-13-5-29(6-14-33)21-51-37-38(52-22-30-7-15-34(16-8-30)48-26(2)44)56-41(55-37)42-57-39(53-23-31-9-17-35(18-10-31)49-27(3)45)40(58-42)54-24-32-11-19-36(20-12-32)50-28(4)46/h5-20H,21-24H2,1-4H3. The van der Waals surface area contributed by atoms with E-state index in [1.54, 1.807) is 94.1 Å². The third-order valence-electron chi connectivity index (χ3n) is 7.46. The maximum absolute atomic E-state index is 11.4. The van der Waals surface area contributed by atoms with Gasteiger partial charge >= 0.3 is 23.9 Å². The minimum atomic E-state index is -0.347. The van der Waals surface area contributed by atoms with Crippen LogP contribution in [0, 0.1) is 0 Å². The first-order valence-electron chi connectivity index (χ1n) is 17.5. The highest BCUT2D eigenvalue weighted by molar-refractivity contribution is 8.44. The lowest BCUT2D eigenvalue weighted by Gasteiger charge is -2.07. The van der Waals surface area contributed by atoms with Gasteiger partial charge in [-0.3, -0.25) is 19.2 Å². The second-order valence-electron chi connectivity index (χ2n) is 12.2. The van der Waals surface area contributed by atoms with E-state index in [0.717, 1.165) is 45.3 Å². The minimum Gasteiger partial charge on any atom is -0.427 e. The van der Waals surface area contributed by atoms with Crippen molar-refractivity contribution in [1.29, 1.82) is 0 Å². The molecular weight excluding hydrogens is 889 g/mol. The summed E-state index contributed by atoms with van der Waals surface area (Å²) in [6.45, 7) is 5.57. The van der Waals surface area contributed by atoms with Crippen LogP contribution in [0.5, 0.6) is 23.0 Å². The molecule has 0 amide bonds. The molecule has 58 heavy (non-hydrogen) atoms. The fourth-order valence-electron chi connectivity index (χ4n) is 4.94. The van der Waals surface area contributed by atoms with E-state index in [1.165, 1.54) is 53.1 Å². The number of thioether (sulfide) groups is 8. The molecule has 4 aromatic carbocycles. The van der Waals surface area contributed by atoms with Crippen LogP contribution in [-0.2, 0) is 42.2 Å². The molecule has 0 fully saturated rings. The molecule has 2 aliphatic heterocycles. The van der Waals surface area contributed by atoms with Gasteiger partial charge in [0.2, 0.25) is 0 Å². The highest BCUT2D eigenvalue weighted by Crippen LogP contribution is 2.66. The first-order chi connectivity index (χ1) is 27.9. The van der Waals surface area contributed by atoms with Gasteiger partial charge in [0.05, 0.1) is 25.4 Å². The van der Waals surface area contributed by atoms with Gasteiger partial charge in [0.1, 0.15) is 23.0 Å². The second kappa shape index (κ2) is 21.9. The van der Waals surface area contributed by atoms with Gasteiger partial charge in [-0.15, -0.1) is 47.0 Å². The van der Waals surface area contributed by atoms with Crippen molar-refractivity contribution in [1.82, 2.24) is 0 Å². The van der Waals surface area contributed by atoms with E-state index < -0.39 is 0 Å². The highest BCUT2D eigenvalue weighted by atomic mass is 32.3. The minimum absolute atomic E-state index is 0.347. The van der Waals surface area contributed by atoms with Crippen LogP contribution in [0.3, 0.4) is 0 Å². The molecule has 8 nitrogen and oxygen atoms in total. The number of ether oxygens (including phenoxy) is 4. The first-order valence-corrected chi connectivity index (χ1v) is 24.7. The molecule has 2 aliphatic rings. The van der Waals surface area contributed by atoms with E-state index in [1.807, 2.05) is 97.1 Å². The Labute approximate surface area is 371 Å². The number of carbonyl (C=O) groups is 4. The fraction of sp³-hybridized carbons (Fsp3) is 0.190. The van der Waals surface area contributed by atoms with Crippen LogP contribution < -0.4 is 18.9 Å². The van der Waals surface area contributed by atoms with Crippen LogP contribution in [0.15, 0.2) is 122 Å². The highest BCUT2D eigenvalue weighted by Gasteiger charge is 2.31. The molecule has 0 unspecified atom stereocenters. The van der Waals surface area contributed by atoms with Crippen molar-refractivity contribution in [2.24, 2.45) is 0 Å². The molecule has 0 bridgehead atoms. The summed E-state index contributed by atoms with van der Waals surface area (Å²) in [5, 5.41) is 0. The smallest absolute Gasteiger partial charge is 0.308 e. The molecule has 16 heteroatoms. The Balaban J connectivity index is 1.19. The number of carbonyl (C=O) groups excluding carboxylic acids is 4. The van der Waals surface area contributed by atoms with Crippen LogP contribution in [0.25, 0.3) is 0 Å². The summed E-state index contributed by atoms with van der Waals surface area (Å²) in [5.74, 6) is 3.71. The Morgan fingerprint density at radius 2 is 0.552 bits per heavy atom. The topological polar surface area (TPSA) is 105 Å². The maximum Gasteiger partial charge on any atom is 0.308 e. The summed E-state index contributed by atoms with van der Waals surface area (Å²) in [4.78, 5) is 45.7. The molecule has 0 saturated carbocycles. The number of benzene rings is 4. The molecular formula is C42H36O8S8. The summed E-state index contributed by atoms with van der Waals surface area (Å²) in [6, 6.07) is 30.5. The van der Waals surface area contributed by atoms with Gasteiger partial charge in [0.25, 0.3) is 0 Å². The van der Waals surface area contributed by atoms with E-state index in [-0.39, 0.29) is 23.9 Å². The first kappa shape index (κ1) is 44.3. The van der Waals surface area contributed by atoms with Gasteiger partial charge < -0.3 is 18.9 Å². The lowest BCUT2D eigenvalue weighted by Crippen LogP contribution is -2.01. The predicted molar refractivity (Wildman–Crippen MR) is 248 cm³/mol. The van der Waals surface area contributed by atoms with Crippen molar-refractivity contribution in [3.63, 3.8) is 0 Å². The van der Waals surface area contributed by atoms with Gasteiger partial charge in [-0.25, -0.2) is 0 Å². The number of hydrogen-bond acceptors (Lipinski definition) is 16. The van der Waals surface area contributed by atoms with Crippen LogP contribution in [-0.4, -0.2) is 23.9 Å². The van der Waals surface area contributed by atoms with E-state index in [2.05, 4.69) is 0 Å². The van der Waals surface area contributed by atoms with Crippen molar-refractivity contribution >= 4 is 118 Å². The molecule has 0 saturated heterocycles. The largest absolute Gasteiger partial charge is 0.427 e. The number of hydrogen-bond donors (Lipinski definition) is 0. The number of rotatable bonds is 16. The van der Waals surface area contributed by atoms with Crippen molar-refractivity contribution in [2.45, 2.75) is 50.7 Å². The molecule has 0 spiro atoms. The number of esters is 4. The molecule has 2 heterocycles. The van der Waals surface area contributed by atoms with Crippen LogP contribution in [0.1, 0.15) is 49.9 Å². The maximum atomic E-state index is 11.4. The Kier molecular flexibility index (Phi) is 16.7. The van der Waals surface area contributed by atoms with Crippen molar-refractivity contribution in [3.8, 4) is 23.0 Å². The van der Waals surface area contributed by atoms with Crippen molar-refractivity contribution in [3.05, 3.63) is 145 Å². The Hall–Kier alpha value is -3.22. The van der Waals surface area contributed by atoms with Gasteiger partial charge in [0, 0.05) is 50.7 Å². The summed E-state index contributed by atoms with van der Waals surface area (Å²) in [7, 11) is 0. The zero-order valence-corrected chi connectivity index (χ0v) is 38.1. The molecule has 0 radical (unpaired) electrons. The fourth-order valence-corrected chi connectivity index (χ4v) is 16.7. The van der Waals surface area contributed by atoms with Gasteiger partial charge in [0.15, 0.2) is 0 Å². The van der Waals surface area contributed by atoms with E-state index in [4.69, 9.17) is 18.9 Å². The summed E-state index contributed by atoms with van der Waals surface area (Å²) in [5.41, 5.74) is 4.48. The second-order valence-corrected chi connectivity index (χ2v) is 21.8. The molecule has 0 aliphatic carbocycles. The van der Waals surface area contributed by atoms with Gasteiger partial charge in [-0.1, -0.05) is 95.6 Å². The average molecular weight is 925 g/mol. The third kappa shape index (κ3) is 13.9. The van der Waals surface area contributed by atoms with Crippen LogP contribution in [0.4, 0.5) is 0 Å². The monoisotopic (exact) mass is 924 g/mol. The average Bonchev–Trinajstić information content (AvgIpc) is 3.80. The molecule has 300 valence electrons. The van der Waals surface area contributed by atoms with Crippen LogP contribution in [0.2, 0.25) is 0 Å². The van der Waals surface area contributed by atoms with Crippen LogP contribution >= 0.6 is 94.1 Å². The van der Waals surface area contributed by atoms with Crippen molar-refractivity contribution in [2.75, 3.05) is 0 Å². The summed E-state index contributed by atoms with van der Waals surface area (Å²) >= 11 is 14.4. The van der Waals surface area contributed by atoms with Crippen molar-refractivity contribution < 1.29 is 38.1 Å². The zero-order chi connectivity index (χ0) is 41.0. The third-order valence-corrected chi connectivity index (χ3v) is 19.3. The normalized spacial score (nSPS) is 13.9. The molecule has 0 aromatic heterocycles. The van der Waals surface area contributed by atoms with Gasteiger partial charge in [-0.05, 0) is 70.8 Å². The summed E-state index contributed by atoms with van der Waals surface area (Å²) < 4.78 is 28.3. The molecule has 4 aromatic rings. The van der Waals surface area contributed by atoms with E-state index in [0.29, 0.717) is 23.0 Å². The predicted octanol–water partition coefficient (Wildman–Crippen LogP) is 12.8. The molecule has 0 N–H and O–H groups in total. The zero-order valence-electron chi connectivity index (χ0n) is 31.6. The molecule has 6 rings (SSSR count). The quantitative estimate of drug-likeness (QED) is 0.0785. The Bertz CT molecular complexity index is 1920. The SMILES string of the molecule is CC(=O)Oc1ccc(CSC2=C(SCc3ccc(OC(C)=O)cc3)SC(=C3SC(SCc4ccc(OC(C)=O)cc4)=C(SCc4ccc(OC(C)=O)cc4)S3)S2)cc1. The molecule has 0 atom stereocenters. The summed E-state index contributed by atoms with van der Waals surface area (Å²) in [6.07, 6.45) is 0. The van der Waals surface area contributed by atoms with E-state index in [9.17, 15) is 19.2 Å². The van der Waals surface area contributed by atoms with Gasteiger partial charge in [-0.2, -0.15) is 0 Å².